The Labute approximate surface area is 150 Å². The van der Waals surface area contributed by atoms with Crippen LogP contribution in [-0.4, -0.2) is 50.1 Å². The van der Waals surface area contributed by atoms with Gasteiger partial charge in [0.1, 0.15) is 0 Å². The molecule has 0 saturated carbocycles. The van der Waals surface area contributed by atoms with Gasteiger partial charge in [0.05, 0.1) is 5.92 Å². The second-order valence-electron chi connectivity index (χ2n) is 6.49. The van der Waals surface area contributed by atoms with Gasteiger partial charge in [0, 0.05) is 32.7 Å². The summed E-state index contributed by atoms with van der Waals surface area (Å²) in [6.07, 6.45) is 0.988. The smallest absolute Gasteiger partial charge is 0.232 e. The number of nitrogens with zero attached hydrogens (tertiary/aromatic N) is 1. The molecule has 0 aromatic heterocycles. The Morgan fingerprint density at radius 1 is 0.960 bits per heavy atom. The van der Waals surface area contributed by atoms with Crippen molar-refractivity contribution in [2.45, 2.75) is 12.3 Å². The monoisotopic (exact) mass is 337 g/mol. The highest BCUT2D eigenvalue weighted by Crippen LogP contribution is 2.24. The molecule has 0 atom stereocenters. The molecule has 2 aromatic carbocycles. The molecular formula is C21H27N3O. The molecule has 0 bridgehead atoms. The Kier molecular flexibility index (Phi) is 6.60. The molecule has 0 unspecified atom stereocenters. The van der Waals surface area contributed by atoms with E-state index < -0.39 is 0 Å². The second kappa shape index (κ2) is 9.35. The average molecular weight is 337 g/mol. The maximum absolute atomic E-state index is 12.9. The lowest BCUT2D eigenvalue weighted by Crippen LogP contribution is -2.44. The highest BCUT2D eigenvalue weighted by molar-refractivity contribution is 5.87. The zero-order valence-corrected chi connectivity index (χ0v) is 14.7. The van der Waals surface area contributed by atoms with E-state index in [1.165, 1.54) is 0 Å². The van der Waals surface area contributed by atoms with Crippen LogP contribution in [0.3, 0.4) is 0 Å². The van der Waals surface area contributed by atoms with E-state index in [2.05, 4.69) is 15.5 Å². The van der Waals surface area contributed by atoms with E-state index in [4.69, 9.17) is 0 Å². The van der Waals surface area contributed by atoms with Crippen molar-refractivity contribution >= 4 is 5.91 Å². The lowest BCUT2D eigenvalue weighted by Gasteiger charge is -2.27. The van der Waals surface area contributed by atoms with Crippen LogP contribution in [0.5, 0.6) is 0 Å². The van der Waals surface area contributed by atoms with Crippen LogP contribution in [0.1, 0.15) is 23.5 Å². The molecule has 1 fully saturated rings. The first-order valence-electron chi connectivity index (χ1n) is 9.15. The summed E-state index contributed by atoms with van der Waals surface area (Å²) in [5.74, 6) is -0.167. The van der Waals surface area contributed by atoms with E-state index >= 15 is 0 Å². The molecule has 4 nitrogen and oxygen atoms in total. The predicted octanol–water partition coefficient (Wildman–Crippen LogP) is 2.23. The van der Waals surface area contributed by atoms with Crippen LogP contribution in [0.15, 0.2) is 60.7 Å². The van der Waals surface area contributed by atoms with Gasteiger partial charge >= 0.3 is 0 Å². The molecule has 1 aliphatic heterocycles. The molecule has 0 spiro atoms. The molecule has 2 N–H and O–H groups in total. The first kappa shape index (κ1) is 17.6. The molecule has 132 valence electrons. The fourth-order valence-electron chi connectivity index (χ4n) is 3.34. The minimum absolute atomic E-state index is 0.0812. The minimum atomic E-state index is -0.249. The van der Waals surface area contributed by atoms with Gasteiger partial charge in [-0.05, 0) is 24.1 Å². The normalized spacial score (nSPS) is 15.2. The topological polar surface area (TPSA) is 44.4 Å². The molecule has 1 aliphatic rings. The van der Waals surface area contributed by atoms with Crippen molar-refractivity contribution in [3.63, 3.8) is 0 Å². The zero-order chi connectivity index (χ0) is 17.3. The first-order valence-corrected chi connectivity index (χ1v) is 9.15. The summed E-state index contributed by atoms with van der Waals surface area (Å²) in [5.41, 5.74) is 2.07. The largest absolute Gasteiger partial charge is 0.355 e. The van der Waals surface area contributed by atoms with Crippen molar-refractivity contribution in [2.24, 2.45) is 0 Å². The highest BCUT2D eigenvalue weighted by Gasteiger charge is 2.22. The van der Waals surface area contributed by atoms with Gasteiger partial charge in [-0.2, -0.15) is 0 Å². The van der Waals surface area contributed by atoms with Crippen LogP contribution >= 0.6 is 0 Å². The van der Waals surface area contributed by atoms with E-state index in [1.807, 2.05) is 60.7 Å². The molecule has 4 heteroatoms. The van der Waals surface area contributed by atoms with Gasteiger partial charge in [-0.25, -0.2) is 0 Å². The fraction of sp³-hybridized carbons (Fsp3) is 0.381. The summed E-state index contributed by atoms with van der Waals surface area (Å²) in [7, 11) is 0. The summed E-state index contributed by atoms with van der Waals surface area (Å²) < 4.78 is 0. The van der Waals surface area contributed by atoms with Crippen molar-refractivity contribution in [1.29, 1.82) is 0 Å². The second-order valence-corrected chi connectivity index (χ2v) is 6.49. The molecule has 0 radical (unpaired) electrons. The Morgan fingerprint density at radius 2 is 1.52 bits per heavy atom. The van der Waals surface area contributed by atoms with Gasteiger partial charge < -0.3 is 15.5 Å². The van der Waals surface area contributed by atoms with Gasteiger partial charge in [0.2, 0.25) is 5.91 Å². The Hall–Kier alpha value is -2.17. The number of rotatable bonds is 7. The SMILES string of the molecule is O=C(NCCCN1CCNCC1)C(c1ccccc1)c1ccccc1. The molecule has 0 aliphatic carbocycles. The molecule has 25 heavy (non-hydrogen) atoms. The number of hydrogen-bond acceptors (Lipinski definition) is 3. The van der Waals surface area contributed by atoms with Crippen molar-refractivity contribution in [3.05, 3.63) is 71.8 Å². The van der Waals surface area contributed by atoms with Crippen molar-refractivity contribution in [3.8, 4) is 0 Å². The van der Waals surface area contributed by atoms with Crippen LogP contribution in [0.2, 0.25) is 0 Å². The van der Waals surface area contributed by atoms with Crippen molar-refractivity contribution < 1.29 is 4.79 Å². The van der Waals surface area contributed by atoms with Crippen LogP contribution in [0.25, 0.3) is 0 Å². The predicted molar refractivity (Wildman–Crippen MR) is 102 cm³/mol. The molecule has 1 saturated heterocycles. The summed E-state index contributed by atoms with van der Waals surface area (Å²) in [6.45, 7) is 6.10. The minimum Gasteiger partial charge on any atom is -0.355 e. The summed E-state index contributed by atoms with van der Waals surface area (Å²) >= 11 is 0. The number of nitrogens with one attached hydrogen (secondary N) is 2. The van der Waals surface area contributed by atoms with Gasteiger partial charge in [0.25, 0.3) is 0 Å². The van der Waals surface area contributed by atoms with E-state index in [-0.39, 0.29) is 11.8 Å². The van der Waals surface area contributed by atoms with Crippen LogP contribution in [0, 0.1) is 0 Å². The third-order valence-corrected chi connectivity index (χ3v) is 4.69. The molecule has 2 aromatic rings. The average Bonchev–Trinajstić information content (AvgIpc) is 2.68. The maximum Gasteiger partial charge on any atom is 0.232 e. The molecule has 3 rings (SSSR count). The van der Waals surface area contributed by atoms with E-state index in [1.54, 1.807) is 0 Å². The number of carbonyl (C=O) groups excluding carboxylic acids is 1. The highest BCUT2D eigenvalue weighted by atomic mass is 16.1. The Balaban J connectivity index is 1.58. The lowest BCUT2D eigenvalue weighted by molar-refractivity contribution is -0.121. The van der Waals surface area contributed by atoms with Crippen LogP contribution < -0.4 is 10.6 Å². The Morgan fingerprint density at radius 3 is 2.08 bits per heavy atom. The third-order valence-electron chi connectivity index (χ3n) is 4.69. The molecular weight excluding hydrogens is 310 g/mol. The zero-order valence-electron chi connectivity index (χ0n) is 14.7. The van der Waals surface area contributed by atoms with Gasteiger partial charge in [0.15, 0.2) is 0 Å². The number of benzene rings is 2. The molecule has 1 amide bonds. The number of piperazine rings is 1. The number of carbonyl (C=O) groups is 1. The van der Waals surface area contributed by atoms with E-state index in [0.717, 1.165) is 56.8 Å². The summed E-state index contributed by atoms with van der Waals surface area (Å²) in [5, 5.41) is 6.50. The van der Waals surface area contributed by atoms with Crippen molar-refractivity contribution in [1.82, 2.24) is 15.5 Å². The number of hydrogen-bond donors (Lipinski definition) is 2. The summed E-state index contributed by atoms with van der Waals surface area (Å²) in [4.78, 5) is 15.3. The maximum atomic E-state index is 12.9. The summed E-state index contributed by atoms with van der Waals surface area (Å²) in [6, 6.07) is 20.0. The number of amides is 1. The van der Waals surface area contributed by atoms with Gasteiger partial charge in [-0.15, -0.1) is 0 Å². The van der Waals surface area contributed by atoms with Gasteiger partial charge in [-0.1, -0.05) is 60.7 Å². The first-order chi connectivity index (χ1) is 12.3. The third kappa shape index (κ3) is 5.15. The van der Waals surface area contributed by atoms with E-state index in [0.29, 0.717) is 0 Å². The standard InChI is InChI=1S/C21H27N3O/c25-21(23-12-7-15-24-16-13-22-14-17-24)20(18-8-3-1-4-9-18)19-10-5-2-6-11-19/h1-6,8-11,20,22H,7,12-17H2,(H,23,25). The van der Waals surface area contributed by atoms with E-state index in [9.17, 15) is 4.79 Å². The lowest BCUT2D eigenvalue weighted by atomic mass is 9.90. The van der Waals surface area contributed by atoms with Crippen LogP contribution in [0.4, 0.5) is 0 Å². The molecule has 1 heterocycles. The quantitative estimate of drug-likeness (QED) is 0.762. The fourth-order valence-corrected chi connectivity index (χ4v) is 3.34. The van der Waals surface area contributed by atoms with Crippen LogP contribution in [-0.2, 0) is 4.79 Å². The van der Waals surface area contributed by atoms with Crippen molar-refractivity contribution in [2.75, 3.05) is 39.3 Å². The Bertz CT molecular complexity index is 599. The van der Waals surface area contributed by atoms with Gasteiger partial charge in [-0.3, -0.25) is 4.79 Å².